The van der Waals surface area contributed by atoms with E-state index in [1.165, 1.54) is 0 Å². The number of hydrogen-bond donors (Lipinski definition) is 0. The third-order valence-electron chi connectivity index (χ3n) is 3.95. The maximum absolute atomic E-state index is 13.1. The number of aromatic nitrogens is 1. The Morgan fingerprint density at radius 2 is 1.85 bits per heavy atom. The van der Waals surface area contributed by atoms with Gasteiger partial charge in [0.2, 0.25) is 0 Å². The molecule has 0 saturated heterocycles. The van der Waals surface area contributed by atoms with Crippen molar-refractivity contribution in [2.45, 2.75) is 12.8 Å². The van der Waals surface area contributed by atoms with Gasteiger partial charge in [0.1, 0.15) is 5.75 Å². The molecule has 1 atom stereocenters. The van der Waals surface area contributed by atoms with Crippen molar-refractivity contribution in [2.75, 3.05) is 6.61 Å². The molecular weight excluding hydrogens is 360 g/mol. The third-order valence-corrected chi connectivity index (χ3v) is 4.28. The first kappa shape index (κ1) is 18.8. The van der Waals surface area contributed by atoms with E-state index in [0.717, 1.165) is 11.4 Å². The molecule has 27 heavy (non-hydrogen) atoms. The summed E-state index contributed by atoms with van der Waals surface area (Å²) in [6.07, 6.45) is 3.27. The molecule has 0 aliphatic carbocycles. The number of rotatable bonds is 7. The Kier molecular flexibility index (Phi) is 6.34. The molecule has 0 fully saturated rings. The van der Waals surface area contributed by atoms with Gasteiger partial charge < -0.3 is 4.74 Å². The van der Waals surface area contributed by atoms with Crippen molar-refractivity contribution in [3.8, 4) is 5.75 Å². The highest BCUT2D eigenvalue weighted by Gasteiger charge is 2.23. The van der Waals surface area contributed by atoms with E-state index in [-0.39, 0.29) is 5.78 Å². The van der Waals surface area contributed by atoms with Gasteiger partial charge in [-0.1, -0.05) is 29.8 Å². The van der Waals surface area contributed by atoms with E-state index in [1.807, 2.05) is 49.4 Å². The smallest absolute Gasteiger partial charge is 0.178 e. The number of carbonyl (C=O) groups excluding carboxylic acids is 1. The van der Waals surface area contributed by atoms with E-state index in [4.69, 9.17) is 16.3 Å². The van der Waals surface area contributed by atoms with Gasteiger partial charge in [-0.3, -0.25) is 14.8 Å². The average molecular weight is 379 g/mol. The highest BCUT2D eigenvalue weighted by atomic mass is 35.5. The number of ether oxygens (including phenoxy) is 1. The first-order chi connectivity index (χ1) is 13.2. The van der Waals surface area contributed by atoms with Gasteiger partial charge in [0.25, 0.3) is 0 Å². The zero-order valence-corrected chi connectivity index (χ0v) is 15.6. The van der Waals surface area contributed by atoms with Crippen molar-refractivity contribution in [2.24, 2.45) is 4.99 Å². The van der Waals surface area contributed by atoms with E-state index >= 15 is 0 Å². The standard InChI is InChI=1S/C22H19ClN2O2/c1-2-27-17-12-10-16(11-13-17)25-15-19(21-9-5-6-14-24-21)22(26)18-7-3-4-8-20(18)23/h3-15,19H,2H2,1H3. The van der Waals surface area contributed by atoms with Crippen LogP contribution in [0.1, 0.15) is 28.9 Å². The molecule has 136 valence electrons. The fraction of sp³-hybridized carbons (Fsp3) is 0.136. The van der Waals surface area contributed by atoms with Crippen molar-refractivity contribution < 1.29 is 9.53 Å². The second-order valence-electron chi connectivity index (χ2n) is 5.78. The minimum absolute atomic E-state index is 0.144. The van der Waals surface area contributed by atoms with Crippen molar-refractivity contribution in [3.63, 3.8) is 0 Å². The van der Waals surface area contributed by atoms with Crippen molar-refractivity contribution in [3.05, 3.63) is 89.2 Å². The zero-order valence-electron chi connectivity index (χ0n) is 14.9. The molecule has 2 aromatic carbocycles. The molecular formula is C22H19ClN2O2. The van der Waals surface area contributed by atoms with Gasteiger partial charge in [-0.2, -0.15) is 0 Å². The summed E-state index contributed by atoms with van der Waals surface area (Å²) in [4.78, 5) is 21.9. The Bertz CT molecular complexity index is 925. The molecule has 1 heterocycles. The van der Waals surface area contributed by atoms with Crippen LogP contribution in [0.3, 0.4) is 0 Å². The Morgan fingerprint density at radius 3 is 2.52 bits per heavy atom. The summed E-state index contributed by atoms with van der Waals surface area (Å²) in [5.74, 6) is 0.0107. The molecule has 0 spiro atoms. The summed E-state index contributed by atoms with van der Waals surface area (Å²) < 4.78 is 5.43. The number of aliphatic imine (C=N–C) groups is 1. The number of benzene rings is 2. The monoisotopic (exact) mass is 378 g/mol. The Morgan fingerprint density at radius 1 is 1.11 bits per heavy atom. The number of halogens is 1. The van der Waals surface area contributed by atoms with Crippen LogP contribution in [-0.2, 0) is 0 Å². The van der Waals surface area contributed by atoms with Crippen molar-refractivity contribution >= 4 is 29.3 Å². The molecule has 1 aromatic heterocycles. The lowest BCUT2D eigenvalue weighted by molar-refractivity contribution is 0.0983. The largest absolute Gasteiger partial charge is 0.494 e. The normalized spacial score (nSPS) is 12.1. The molecule has 0 aliphatic rings. The van der Waals surface area contributed by atoms with Gasteiger partial charge in [0.05, 0.1) is 28.9 Å². The lowest BCUT2D eigenvalue weighted by atomic mass is 9.95. The highest BCUT2D eigenvalue weighted by molar-refractivity contribution is 6.34. The van der Waals surface area contributed by atoms with Crippen LogP contribution in [0.4, 0.5) is 5.69 Å². The lowest BCUT2D eigenvalue weighted by Crippen LogP contribution is -2.16. The van der Waals surface area contributed by atoms with Crippen molar-refractivity contribution in [1.82, 2.24) is 4.98 Å². The second kappa shape index (κ2) is 9.10. The van der Waals surface area contributed by atoms with Crippen LogP contribution in [0.2, 0.25) is 5.02 Å². The Hall–Kier alpha value is -2.98. The topological polar surface area (TPSA) is 51.5 Å². The first-order valence-corrected chi connectivity index (χ1v) is 9.03. The highest BCUT2D eigenvalue weighted by Crippen LogP contribution is 2.25. The predicted octanol–water partition coefficient (Wildman–Crippen LogP) is 5.50. The molecule has 1 unspecified atom stereocenters. The number of ketones is 1. The van der Waals surface area contributed by atoms with E-state index in [2.05, 4.69) is 9.98 Å². The average Bonchev–Trinajstić information content (AvgIpc) is 2.70. The van der Waals surface area contributed by atoms with Crippen LogP contribution in [0.5, 0.6) is 5.75 Å². The quantitative estimate of drug-likeness (QED) is 0.402. The molecule has 0 saturated carbocycles. The van der Waals surface area contributed by atoms with Gasteiger partial charge in [-0.05, 0) is 55.5 Å². The number of nitrogens with zero attached hydrogens (tertiary/aromatic N) is 2. The fourth-order valence-corrected chi connectivity index (χ4v) is 2.85. The van der Waals surface area contributed by atoms with Crippen LogP contribution in [-0.4, -0.2) is 23.6 Å². The van der Waals surface area contributed by atoms with Crippen LogP contribution in [0.25, 0.3) is 0 Å². The summed E-state index contributed by atoms with van der Waals surface area (Å²) in [5.41, 5.74) is 1.80. The van der Waals surface area contributed by atoms with E-state index < -0.39 is 5.92 Å². The molecule has 3 aromatic rings. The van der Waals surface area contributed by atoms with Gasteiger partial charge in [0, 0.05) is 18.0 Å². The van der Waals surface area contributed by atoms with E-state index in [0.29, 0.717) is 22.9 Å². The van der Waals surface area contributed by atoms with Crippen LogP contribution < -0.4 is 4.74 Å². The van der Waals surface area contributed by atoms with Gasteiger partial charge in [-0.15, -0.1) is 0 Å². The summed E-state index contributed by atoms with van der Waals surface area (Å²) >= 11 is 6.22. The summed E-state index contributed by atoms with van der Waals surface area (Å²) in [7, 11) is 0. The summed E-state index contributed by atoms with van der Waals surface area (Å²) in [5, 5.41) is 0.415. The minimum atomic E-state index is -0.627. The molecule has 0 aliphatic heterocycles. The van der Waals surface area contributed by atoms with Gasteiger partial charge in [-0.25, -0.2) is 0 Å². The minimum Gasteiger partial charge on any atom is -0.494 e. The number of hydrogen-bond acceptors (Lipinski definition) is 4. The van der Waals surface area contributed by atoms with E-state index in [1.54, 1.807) is 36.7 Å². The maximum atomic E-state index is 13.1. The first-order valence-electron chi connectivity index (χ1n) is 8.65. The van der Waals surface area contributed by atoms with Crippen LogP contribution >= 0.6 is 11.6 Å². The third kappa shape index (κ3) is 4.80. The summed E-state index contributed by atoms with van der Waals surface area (Å²) in [6.45, 7) is 2.54. The number of carbonyl (C=O) groups is 1. The second-order valence-corrected chi connectivity index (χ2v) is 6.19. The molecule has 3 rings (SSSR count). The molecule has 0 radical (unpaired) electrons. The van der Waals surface area contributed by atoms with E-state index in [9.17, 15) is 4.79 Å². The SMILES string of the molecule is CCOc1ccc(N=CC(C(=O)c2ccccc2Cl)c2ccccn2)cc1. The zero-order chi connectivity index (χ0) is 19.1. The molecule has 0 bridgehead atoms. The Balaban J connectivity index is 1.91. The van der Waals surface area contributed by atoms with Crippen molar-refractivity contribution in [1.29, 1.82) is 0 Å². The number of Topliss-reactive ketones (excluding diaryl/α,β-unsaturated/α-hetero) is 1. The molecule has 4 nitrogen and oxygen atoms in total. The maximum Gasteiger partial charge on any atom is 0.178 e. The van der Waals surface area contributed by atoms with Gasteiger partial charge >= 0.3 is 0 Å². The molecule has 0 N–H and O–H groups in total. The Labute approximate surface area is 163 Å². The predicted molar refractivity (Wildman–Crippen MR) is 109 cm³/mol. The fourth-order valence-electron chi connectivity index (χ4n) is 2.62. The summed E-state index contributed by atoms with van der Waals surface area (Å²) in [6, 6.07) is 19.9. The molecule has 5 heteroatoms. The van der Waals surface area contributed by atoms with Crippen LogP contribution in [0.15, 0.2) is 77.9 Å². The number of pyridine rings is 1. The molecule has 0 amide bonds. The lowest BCUT2D eigenvalue weighted by Gasteiger charge is -2.12. The van der Waals surface area contributed by atoms with Crippen LogP contribution in [0, 0.1) is 0 Å². The van der Waals surface area contributed by atoms with Gasteiger partial charge in [0.15, 0.2) is 5.78 Å².